The molecule has 0 aromatic heterocycles. The van der Waals surface area contributed by atoms with Gasteiger partial charge in [0, 0.05) is 54.1 Å². The first kappa shape index (κ1) is 22.5. The average Bonchev–Trinajstić information content (AvgIpc) is 1.76. The molecule has 0 radical (unpaired) electrons. The fourth-order valence-corrected chi connectivity index (χ4v) is 0.510. The number of hydrogen-bond donors (Lipinski definition) is 0. The van der Waals surface area contributed by atoms with Gasteiger partial charge in [0.1, 0.15) is 0 Å². The molecule has 0 N–H and O–H groups in total. The normalized spacial score (nSPS) is 13.3. The SMILES string of the molecule is C1CCOC1.Cl.Cl.Cl.[Nd]. The third-order valence-corrected chi connectivity index (χ3v) is 0.827. The molecule has 1 rings (SSSR count). The summed E-state index contributed by atoms with van der Waals surface area (Å²) in [6.07, 6.45) is 2.56. The second kappa shape index (κ2) is 16.6. The largest absolute Gasteiger partial charge is 0.381 e. The summed E-state index contributed by atoms with van der Waals surface area (Å²) in [4.78, 5) is 0. The third-order valence-electron chi connectivity index (χ3n) is 0.827. The molecule has 1 heterocycles. The van der Waals surface area contributed by atoms with E-state index in [0.29, 0.717) is 0 Å². The molecule has 1 aliphatic heterocycles. The van der Waals surface area contributed by atoms with Crippen LogP contribution in [0.4, 0.5) is 0 Å². The van der Waals surface area contributed by atoms with E-state index in [1.807, 2.05) is 0 Å². The molecule has 58 valence electrons. The van der Waals surface area contributed by atoms with Gasteiger partial charge in [-0.05, 0) is 12.8 Å². The monoisotopic (exact) mass is 322 g/mol. The van der Waals surface area contributed by atoms with Gasteiger partial charge in [0.05, 0.1) is 0 Å². The minimum Gasteiger partial charge on any atom is -0.381 e. The van der Waals surface area contributed by atoms with Crippen molar-refractivity contribution in [2.45, 2.75) is 12.8 Å². The molecule has 0 amide bonds. The Morgan fingerprint density at radius 3 is 1.22 bits per heavy atom. The van der Waals surface area contributed by atoms with Crippen LogP contribution in [0.2, 0.25) is 0 Å². The van der Waals surface area contributed by atoms with Crippen molar-refractivity contribution >= 4 is 37.2 Å². The van der Waals surface area contributed by atoms with Gasteiger partial charge in [-0.15, -0.1) is 37.2 Å². The molecule has 0 aliphatic carbocycles. The quantitative estimate of drug-likeness (QED) is 0.662. The summed E-state index contributed by atoms with van der Waals surface area (Å²) in [5.74, 6) is 0. The Hall–Kier alpha value is 2.18. The number of ether oxygens (including phenoxy) is 1. The number of halogens is 3. The molecule has 0 saturated carbocycles. The fourth-order valence-electron chi connectivity index (χ4n) is 0.510. The van der Waals surface area contributed by atoms with Gasteiger partial charge in [0.15, 0.2) is 0 Å². The van der Waals surface area contributed by atoms with Crippen molar-refractivity contribution in [1.82, 2.24) is 0 Å². The van der Waals surface area contributed by atoms with Gasteiger partial charge in [0.2, 0.25) is 0 Å². The molecule has 0 aromatic carbocycles. The van der Waals surface area contributed by atoms with Crippen molar-refractivity contribution in [1.29, 1.82) is 0 Å². The maximum Gasteiger partial charge on any atom is 0.0466 e. The third kappa shape index (κ3) is 13.2. The van der Waals surface area contributed by atoms with Crippen molar-refractivity contribution in [3.8, 4) is 0 Å². The first-order valence-corrected chi connectivity index (χ1v) is 2.08. The molecule has 0 spiro atoms. The van der Waals surface area contributed by atoms with E-state index in [1.165, 1.54) is 12.8 Å². The molecule has 1 nitrogen and oxygen atoms in total. The summed E-state index contributed by atoms with van der Waals surface area (Å²) >= 11 is 0. The first-order valence-electron chi connectivity index (χ1n) is 2.08. The van der Waals surface area contributed by atoms with Gasteiger partial charge in [-0.3, -0.25) is 0 Å². The topological polar surface area (TPSA) is 9.23 Å². The molecule has 0 bridgehead atoms. The van der Waals surface area contributed by atoms with Crippen LogP contribution in [0, 0.1) is 40.8 Å². The summed E-state index contributed by atoms with van der Waals surface area (Å²) < 4.78 is 4.94. The van der Waals surface area contributed by atoms with E-state index in [9.17, 15) is 0 Å². The maximum absolute atomic E-state index is 4.94. The molecule has 0 unspecified atom stereocenters. The zero-order chi connectivity index (χ0) is 3.54. The summed E-state index contributed by atoms with van der Waals surface area (Å²) in [6.45, 7) is 2.00. The van der Waals surface area contributed by atoms with Crippen LogP contribution < -0.4 is 0 Å². The van der Waals surface area contributed by atoms with E-state index in [4.69, 9.17) is 4.74 Å². The van der Waals surface area contributed by atoms with E-state index < -0.39 is 0 Å². The van der Waals surface area contributed by atoms with E-state index in [0.717, 1.165) is 13.2 Å². The van der Waals surface area contributed by atoms with Crippen molar-refractivity contribution < 1.29 is 45.6 Å². The van der Waals surface area contributed by atoms with Crippen molar-refractivity contribution in [3.05, 3.63) is 0 Å². The van der Waals surface area contributed by atoms with Crippen LogP contribution in [-0.4, -0.2) is 13.2 Å². The Bertz CT molecular complexity index is 27.4. The molecule has 0 aromatic rings. The average molecular weight is 326 g/mol. The van der Waals surface area contributed by atoms with E-state index >= 15 is 0 Å². The number of rotatable bonds is 0. The summed E-state index contributed by atoms with van der Waals surface area (Å²) in [5.41, 5.74) is 0. The van der Waals surface area contributed by atoms with Crippen LogP contribution in [0.3, 0.4) is 0 Å². The predicted octanol–water partition coefficient (Wildman–Crippen LogP) is 2.06. The van der Waals surface area contributed by atoms with Crippen LogP contribution in [0.5, 0.6) is 0 Å². The Balaban J connectivity index is -0.0000000312. The van der Waals surface area contributed by atoms with Gasteiger partial charge in [-0.25, -0.2) is 0 Å². The molecule has 9 heavy (non-hydrogen) atoms. The van der Waals surface area contributed by atoms with Gasteiger partial charge in [0.25, 0.3) is 0 Å². The first-order chi connectivity index (χ1) is 2.50. The maximum atomic E-state index is 4.94. The molecular formula is C4H11Cl3NdO. The predicted molar refractivity (Wildman–Crippen MR) is 41.8 cm³/mol. The van der Waals surface area contributed by atoms with E-state index in [-0.39, 0.29) is 78.1 Å². The van der Waals surface area contributed by atoms with E-state index in [1.54, 1.807) is 0 Å². The molecule has 1 aliphatic rings. The van der Waals surface area contributed by atoms with Crippen molar-refractivity contribution in [2.75, 3.05) is 13.2 Å². The minimum atomic E-state index is 0. The van der Waals surface area contributed by atoms with Crippen LogP contribution in [-0.2, 0) is 4.74 Å². The molecule has 1 fully saturated rings. The number of hydrogen-bond acceptors (Lipinski definition) is 1. The zero-order valence-electron chi connectivity index (χ0n) is 4.96. The summed E-state index contributed by atoms with van der Waals surface area (Å²) in [5, 5.41) is 0. The zero-order valence-corrected chi connectivity index (χ0v) is 10.6. The van der Waals surface area contributed by atoms with Crippen molar-refractivity contribution in [3.63, 3.8) is 0 Å². The minimum absolute atomic E-state index is 0. The second-order valence-corrected chi connectivity index (χ2v) is 1.32. The Kier molecular flexibility index (Phi) is 41.6. The molecule has 1 saturated heterocycles. The van der Waals surface area contributed by atoms with Crippen LogP contribution in [0.15, 0.2) is 0 Å². The summed E-state index contributed by atoms with van der Waals surface area (Å²) in [6, 6.07) is 0. The smallest absolute Gasteiger partial charge is 0.0466 e. The van der Waals surface area contributed by atoms with Crippen molar-refractivity contribution in [2.24, 2.45) is 0 Å². The van der Waals surface area contributed by atoms with Crippen LogP contribution in [0.25, 0.3) is 0 Å². The standard InChI is InChI=1S/C4H8O.3ClH.Nd/c1-2-4-5-3-1;;;;/h1-4H2;3*1H;. The fraction of sp³-hybridized carbons (Fsp3) is 1.00. The van der Waals surface area contributed by atoms with Gasteiger partial charge in [-0.2, -0.15) is 0 Å². The summed E-state index contributed by atoms with van der Waals surface area (Å²) in [7, 11) is 0. The molecule has 0 atom stereocenters. The molecule has 5 heteroatoms. The Labute approximate surface area is 107 Å². The van der Waals surface area contributed by atoms with Gasteiger partial charge >= 0.3 is 0 Å². The van der Waals surface area contributed by atoms with Crippen LogP contribution >= 0.6 is 37.2 Å². The second-order valence-electron chi connectivity index (χ2n) is 1.32. The van der Waals surface area contributed by atoms with Crippen LogP contribution in [0.1, 0.15) is 12.8 Å². The Morgan fingerprint density at radius 1 is 0.778 bits per heavy atom. The van der Waals surface area contributed by atoms with Gasteiger partial charge in [-0.1, -0.05) is 0 Å². The Morgan fingerprint density at radius 2 is 1.11 bits per heavy atom. The molecular weight excluding hydrogens is 315 g/mol. The van der Waals surface area contributed by atoms with E-state index in [2.05, 4.69) is 0 Å². The van der Waals surface area contributed by atoms with Gasteiger partial charge < -0.3 is 4.74 Å².